The molecule has 3 heterocycles. The summed E-state index contributed by atoms with van der Waals surface area (Å²) in [5, 5.41) is 8.70. The number of benzene rings is 2. The third-order valence-electron chi connectivity index (χ3n) is 4.88. The lowest BCUT2D eigenvalue weighted by Gasteiger charge is -2.09. The summed E-state index contributed by atoms with van der Waals surface area (Å²) in [4.78, 5) is 27.0. The first-order valence-corrected chi connectivity index (χ1v) is 12.5. The van der Waals surface area contributed by atoms with E-state index in [0.717, 1.165) is 0 Å². The fourth-order valence-electron chi connectivity index (χ4n) is 3.41. The highest BCUT2D eigenvalue weighted by molar-refractivity contribution is 7.89. The fourth-order valence-corrected chi connectivity index (χ4v) is 5.27. The van der Waals surface area contributed by atoms with Crippen LogP contribution in [0, 0.1) is 0 Å². The standard InChI is InChI=1S/C22H15ClN6O3S2/c23-16-7-2-1-6-15(16)19-20(33-22-26-11-9-18(30)29(19)22)17-8-10-25-21(28-17)27-13-4-3-5-14(12-13)34(24,31)32/h1-12H,(H2,24,31,32)(H,25,27,28). The minimum absolute atomic E-state index is 0.0374. The van der Waals surface area contributed by atoms with Crippen LogP contribution in [0.15, 0.2) is 82.7 Å². The van der Waals surface area contributed by atoms with E-state index in [4.69, 9.17) is 16.7 Å². The van der Waals surface area contributed by atoms with Crippen molar-refractivity contribution in [3.63, 3.8) is 0 Å². The summed E-state index contributed by atoms with van der Waals surface area (Å²) < 4.78 is 24.8. The SMILES string of the molecule is NS(=O)(=O)c1cccc(Nc2nccc(-c3sc4nccc(=O)n4c3-c3ccccc3Cl)n2)c1. The average Bonchev–Trinajstić information content (AvgIpc) is 3.20. The number of nitrogens with zero attached hydrogens (tertiary/aromatic N) is 4. The van der Waals surface area contributed by atoms with Gasteiger partial charge in [0.05, 0.1) is 21.2 Å². The van der Waals surface area contributed by atoms with E-state index < -0.39 is 10.0 Å². The number of rotatable bonds is 5. The smallest absolute Gasteiger partial charge is 0.258 e. The fraction of sp³-hybridized carbons (Fsp3) is 0. The highest BCUT2D eigenvalue weighted by Gasteiger charge is 2.21. The molecule has 0 spiro atoms. The number of hydrogen-bond acceptors (Lipinski definition) is 8. The van der Waals surface area contributed by atoms with Crippen molar-refractivity contribution in [1.29, 1.82) is 0 Å². The Morgan fingerprint density at radius 3 is 2.59 bits per heavy atom. The molecule has 0 saturated heterocycles. The normalized spacial score (nSPS) is 11.6. The predicted octanol–water partition coefficient (Wildman–Crippen LogP) is 3.92. The van der Waals surface area contributed by atoms with Gasteiger partial charge in [-0.15, -0.1) is 0 Å². The van der Waals surface area contributed by atoms with Crippen LogP contribution in [-0.2, 0) is 10.0 Å². The Kier molecular flexibility index (Phi) is 5.62. The maximum Gasteiger partial charge on any atom is 0.258 e. The van der Waals surface area contributed by atoms with Gasteiger partial charge in [0.25, 0.3) is 5.56 Å². The highest BCUT2D eigenvalue weighted by Crippen LogP contribution is 2.40. The maximum absolute atomic E-state index is 12.7. The molecule has 0 aliphatic heterocycles. The topological polar surface area (TPSA) is 132 Å². The number of fused-ring (bicyclic) bond motifs is 1. The zero-order chi connectivity index (χ0) is 23.9. The van der Waals surface area contributed by atoms with E-state index in [2.05, 4.69) is 20.3 Å². The number of nitrogens with two attached hydrogens (primary N) is 1. The second kappa shape index (κ2) is 8.61. The molecule has 2 aromatic carbocycles. The van der Waals surface area contributed by atoms with E-state index in [9.17, 15) is 13.2 Å². The molecule has 0 atom stereocenters. The van der Waals surface area contributed by atoms with Gasteiger partial charge in [-0.3, -0.25) is 9.20 Å². The summed E-state index contributed by atoms with van der Waals surface area (Å²) >= 11 is 7.78. The van der Waals surface area contributed by atoms with E-state index >= 15 is 0 Å². The van der Waals surface area contributed by atoms with Crippen molar-refractivity contribution < 1.29 is 8.42 Å². The van der Waals surface area contributed by atoms with Crippen LogP contribution in [0.4, 0.5) is 11.6 Å². The zero-order valence-corrected chi connectivity index (χ0v) is 19.6. The minimum Gasteiger partial charge on any atom is -0.324 e. The molecule has 9 nitrogen and oxygen atoms in total. The monoisotopic (exact) mass is 510 g/mol. The van der Waals surface area contributed by atoms with Gasteiger partial charge in [0.15, 0.2) is 4.96 Å². The molecule has 0 aliphatic carbocycles. The number of nitrogens with one attached hydrogen (secondary N) is 1. The molecule has 12 heteroatoms. The summed E-state index contributed by atoms with van der Waals surface area (Å²) in [7, 11) is -3.86. The van der Waals surface area contributed by atoms with E-state index in [-0.39, 0.29) is 16.4 Å². The van der Waals surface area contributed by atoms with Gasteiger partial charge in [-0.05, 0) is 30.3 Å². The van der Waals surface area contributed by atoms with Gasteiger partial charge in [-0.25, -0.2) is 28.5 Å². The first-order chi connectivity index (χ1) is 16.3. The van der Waals surface area contributed by atoms with Crippen molar-refractivity contribution >= 4 is 49.6 Å². The summed E-state index contributed by atoms with van der Waals surface area (Å²) in [6.07, 6.45) is 3.02. The average molecular weight is 511 g/mol. The Morgan fingerprint density at radius 2 is 1.79 bits per heavy atom. The Balaban J connectivity index is 1.65. The van der Waals surface area contributed by atoms with E-state index in [1.54, 1.807) is 30.5 Å². The largest absolute Gasteiger partial charge is 0.324 e. The molecule has 3 aromatic heterocycles. The van der Waals surface area contributed by atoms with E-state index in [0.29, 0.717) is 37.5 Å². The van der Waals surface area contributed by atoms with Gasteiger partial charge in [-0.2, -0.15) is 0 Å². The van der Waals surface area contributed by atoms with Crippen molar-refractivity contribution in [3.8, 4) is 21.8 Å². The Bertz CT molecular complexity index is 1720. The summed E-state index contributed by atoms with van der Waals surface area (Å²) in [6.45, 7) is 0. The van der Waals surface area contributed by atoms with Crippen LogP contribution in [0.25, 0.3) is 26.8 Å². The van der Waals surface area contributed by atoms with Gasteiger partial charge in [0, 0.05) is 34.7 Å². The summed E-state index contributed by atoms with van der Waals surface area (Å²) in [5.41, 5.74) is 1.97. The lowest BCUT2D eigenvalue weighted by atomic mass is 10.1. The van der Waals surface area contributed by atoms with Crippen LogP contribution in [0.3, 0.4) is 0 Å². The third-order valence-corrected chi connectivity index (χ3v) is 7.20. The van der Waals surface area contributed by atoms with Crippen LogP contribution < -0.4 is 16.0 Å². The van der Waals surface area contributed by atoms with Crippen LogP contribution in [-0.4, -0.2) is 27.8 Å². The lowest BCUT2D eigenvalue weighted by Crippen LogP contribution is -2.12. The van der Waals surface area contributed by atoms with Gasteiger partial charge < -0.3 is 5.32 Å². The number of anilines is 2. The van der Waals surface area contributed by atoms with Crippen LogP contribution in [0.2, 0.25) is 5.02 Å². The molecule has 0 fully saturated rings. The summed E-state index contributed by atoms with van der Waals surface area (Å²) in [6, 6.07) is 16.3. The first kappa shape index (κ1) is 22.2. The minimum atomic E-state index is -3.86. The van der Waals surface area contributed by atoms with Gasteiger partial charge in [-0.1, -0.05) is 47.2 Å². The molecule has 0 aliphatic rings. The van der Waals surface area contributed by atoms with E-state index in [1.807, 2.05) is 18.2 Å². The predicted molar refractivity (Wildman–Crippen MR) is 132 cm³/mol. The molecule has 0 amide bonds. The number of halogens is 1. The molecule has 0 saturated carbocycles. The molecule has 5 aromatic rings. The summed E-state index contributed by atoms with van der Waals surface area (Å²) in [5.74, 6) is 0.229. The molecule has 5 rings (SSSR count). The van der Waals surface area contributed by atoms with Gasteiger partial charge in [0.2, 0.25) is 16.0 Å². The second-order valence-electron chi connectivity index (χ2n) is 7.12. The van der Waals surface area contributed by atoms with E-state index in [1.165, 1.54) is 40.1 Å². The molecule has 0 bridgehead atoms. The Labute approximate surface area is 202 Å². The number of primary sulfonamides is 1. The maximum atomic E-state index is 12.7. The first-order valence-electron chi connectivity index (χ1n) is 9.80. The van der Waals surface area contributed by atoms with Crippen molar-refractivity contribution in [1.82, 2.24) is 19.4 Å². The third kappa shape index (κ3) is 4.17. The van der Waals surface area contributed by atoms with Crippen molar-refractivity contribution in [2.75, 3.05) is 5.32 Å². The number of aromatic nitrogens is 4. The molecular weight excluding hydrogens is 496 g/mol. The van der Waals surface area contributed by atoms with Crippen LogP contribution in [0.5, 0.6) is 0 Å². The molecule has 0 radical (unpaired) electrons. The van der Waals surface area contributed by atoms with Crippen molar-refractivity contribution in [2.24, 2.45) is 5.14 Å². The number of sulfonamides is 1. The van der Waals surface area contributed by atoms with Crippen LogP contribution >= 0.6 is 22.9 Å². The quantitative estimate of drug-likeness (QED) is 0.366. The van der Waals surface area contributed by atoms with Crippen molar-refractivity contribution in [2.45, 2.75) is 4.90 Å². The molecule has 170 valence electrons. The second-order valence-corrected chi connectivity index (χ2v) is 10.1. The molecule has 0 unspecified atom stereocenters. The van der Waals surface area contributed by atoms with Gasteiger partial charge >= 0.3 is 0 Å². The van der Waals surface area contributed by atoms with Gasteiger partial charge in [0.1, 0.15) is 0 Å². The molecule has 34 heavy (non-hydrogen) atoms. The van der Waals surface area contributed by atoms with Crippen molar-refractivity contribution in [3.05, 3.63) is 88.4 Å². The van der Waals surface area contributed by atoms with Crippen LogP contribution in [0.1, 0.15) is 0 Å². The molecular formula is C22H15ClN6O3S2. The highest BCUT2D eigenvalue weighted by atomic mass is 35.5. The Hall–Kier alpha value is -3.64. The number of hydrogen-bond donors (Lipinski definition) is 2. The lowest BCUT2D eigenvalue weighted by molar-refractivity contribution is 0.598. The Morgan fingerprint density at radius 1 is 1.00 bits per heavy atom. The number of thiazole rings is 1. The molecule has 3 N–H and O–H groups in total. The zero-order valence-electron chi connectivity index (χ0n) is 17.2.